The van der Waals surface area contributed by atoms with Gasteiger partial charge in [0.1, 0.15) is 5.02 Å². The molecule has 0 unspecified atom stereocenters. The third-order valence-corrected chi connectivity index (χ3v) is 4.43. The summed E-state index contributed by atoms with van der Waals surface area (Å²) in [6, 6.07) is 8.74. The number of halogens is 2. The van der Waals surface area contributed by atoms with Crippen molar-refractivity contribution in [1.82, 2.24) is 5.43 Å². The Bertz CT molecular complexity index is 976. The van der Waals surface area contributed by atoms with E-state index in [1.807, 2.05) is 0 Å². The van der Waals surface area contributed by atoms with Gasteiger partial charge in [-0.15, -0.1) is 0 Å². The summed E-state index contributed by atoms with van der Waals surface area (Å²) in [5, 5.41) is 17.7. The van der Waals surface area contributed by atoms with Crippen LogP contribution in [0.25, 0.3) is 0 Å². The zero-order chi connectivity index (χ0) is 20.8. The first-order valence-electron chi connectivity index (χ1n) is 8.01. The fraction of sp³-hybridized carbons (Fsp3) is 0.167. The van der Waals surface area contributed by atoms with E-state index < -0.39 is 10.8 Å². The van der Waals surface area contributed by atoms with Crippen LogP contribution in [-0.4, -0.2) is 22.4 Å². The van der Waals surface area contributed by atoms with E-state index in [1.54, 1.807) is 32.0 Å². The van der Waals surface area contributed by atoms with Crippen LogP contribution < -0.4 is 10.7 Å². The van der Waals surface area contributed by atoms with E-state index in [0.29, 0.717) is 16.4 Å². The highest BCUT2D eigenvalue weighted by Crippen LogP contribution is 2.25. The Kier molecular flexibility index (Phi) is 7.08. The summed E-state index contributed by atoms with van der Waals surface area (Å²) < 4.78 is 0. The molecule has 8 nitrogen and oxygen atoms in total. The molecule has 0 saturated heterocycles. The third kappa shape index (κ3) is 5.51. The van der Waals surface area contributed by atoms with Crippen molar-refractivity contribution in [1.29, 1.82) is 0 Å². The van der Waals surface area contributed by atoms with Crippen molar-refractivity contribution in [3.05, 3.63) is 67.7 Å². The lowest BCUT2D eigenvalue weighted by atomic mass is 10.2. The zero-order valence-corrected chi connectivity index (χ0v) is 16.5. The van der Waals surface area contributed by atoms with E-state index >= 15 is 0 Å². The number of amides is 2. The van der Waals surface area contributed by atoms with E-state index in [-0.39, 0.29) is 28.6 Å². The largest absolute Gasteiger partial charge is 0.325 e. The molecule has 0 aromatic heterocycles. The van der Waals surface area contributed by atoms with Crippen molar-refractivity contribution in [2.75, 3.05) is 5.32 Å². The maximum Gasteiger partial charge on any atom is 0.287 e. The molecule has 2 N–H and O–H groups in total. The number of carbonyl (C=O) groups excluding carboxylic acids is 2. The average Bonchev–Trinajstić information content (AvgIpc) is 2.63. The smallest absolute Gasteiger partial charge is 0.287 e. The van der Waals surface area contributed by atoms with Gasteiger partial charge in [0, 0.05) is 28.1 Å². The molecule has 0 aliphatic rings. The molecule has 0 aliphatic heterocycles. The molecule has 146 valence electrons. The summed E-state index contributed by atoms with van der Waals surface area (Å²) in [5.74, 6) is -0.929. The minimum atomic E-state index is -0.646. The van der Waals surface area contributed by atoms with Crippen LogP contribution in [0.15, 0.2) is 41.5 Å². The maximum absolute atomic E-state index is 12.1. The molecule has 0 aliphatic carbocycles. The Morgan fingerprint density at radius 1 is 1.18 bits per heavy atom. The van der Waals surface area contributed by atoms with Gasteiger partial charge in [0.15, 0.2) is 0 Å². The molecule has 2 aromatic carbocycles. The number of hydrogen-bond donors (Lipinski definition) is 2. The number of rotatable bonds is 6. The van der Waals surface area contributed by atoms with E-state index in [9.17, 15) is 19.7 Å². The Labute approximate surface area is 170 Å². The van der Waals surface area contributed by atoms with Gasteiger partial charge in [-0.1, -0.05) is 29.3 Å². The van der Waals surface area contributed by atoms with Gasteiger partial charge in [0.25, 0.3) is 11.6 Å². The summed E-state index contributed by atoms with van der Waals surface area (Å²) in [7, 11) is 0. The molecule has 0 atom stereocenters. The van der Waals surface area contributed by atoms with Crippen LogP contribution in [0.2, 0.25) is 10.0 Å². The topological polar surface area (TPSA) is 114 Å². The quantitative estimate of drug-likeness (QED) is 0.409. The minimum Gasteiger partial charge on any atom is -0.325 e. The Morgan fingerprint density at radius 2 is 1.89 bits per heavy atom. The summed E-state index contributed by atoms with van der Waals surface area (Å²) in [6.45, 7) is 3.36. The lowest BCUT2D eigenvalue weighted by Gasteiger charge is -2.09. The summed E-state index contributed by atoms with van der Waals surface area (Å²) in [4.78, 5) is 34.3. The number of nitrogens with one attached hydrogen (secondary N) is 2. The number of carbonyl (C=O) groups is 2. The van der Waals surface area contributed by atoms with E-state index in [2.05, 4.69) is 15.8 Å². The molecule has 0 saturated carbocycles. The van der Waals surface area contributed by atoms with Crippen LogP contribution in [0, 0.1) is 17.0 Å². The van der Waals surface area contributed by atoms with Crippen molar-refractivity contribution >= 4 is 52.1 Å². The van der Waals surface area contributed by atoms with Gasteiger partial charge >= 0.3 is 0 Å². The highest BCUT2D eigenvalue weighted by Gasteiger charge is 2.15. The van der Waals surface area contributed by atoms with Crippen LogP contribution in [0.3, 0.4) is 0 Å². The van der Waals surface area contributed by atoms with Gasteiger partial charge in [-0.25, -0.2) is 5.43 Å². The minimum absolute atomic E-state index is 0.0484. The van der Waals surface area contributed by atoms with Crippen molar-refractivity contribution in [3.8, 4) is 0 Å². The van der Waals surface area contributed by atoms with E-state index in [1.165, 1.54) is 12.1 Å². The van der Waals surface area contributed by atoms with Crippen LogP contribution in [0.1, 0.15) is 29.3 Å². The fourth-order valence-electron chi connectivity index (χ4n) is 2.22. The molecule has 0 bridgehead atoms. The molecule has 28 heavy (non-hydrogen) atoms. The number of benzene rings is 2. The highest BCUT2D eigenvalue weighted by molar-refractivity contribution is 6.33. The Hall–Kier alpha value is -2.97. The van der Waals surface area contributed by atoms with Gasteiger partial charge < -0.3 is 5.32 Å². The first-order chi connectivity index (χ1) is 13.2. The van der Waals surface area contributed by atoms with Crippen molar-refractivity contribution in [2.45, 2.75) is 20.3 Å². The monoisotopic (exact) mass is 422 g/mol. The van der Waals surface area contributed by atoms with Crippen molar-refractivity contribution in [3.63, 3.8) is 0 Å². The first-order valence-corrected chi connectivity index (χ1v) is 8.77. The second-order valence-corrected chi connectivity index (χ2v) is 6.66. The maximum atomic E-state index is 12.1. The lowest BCUT2D eigenvalue weighted by Crippen LogP contribution is -2.21. The van der Waals surface area contributed by atoms with Gasteiger partial charge in [-0.05, 0) is 43.7 Å². The number of nitro groups is 1. The standard InChI is InChI=1S/C18H16Cl2N4O4/c1-10(8-17(25)21-15-5-3-4-13(19)11(15)2)22-23-18(26)12-6-7-16(24(27)28)14(20)9-12/h3-7,9H,8H2,1-2H3,(H,21,25)(H,23,26). The fourth-order valence-corrected chi connectivity index (χ4v) is 2.64. The van der Waals surface area contributed by atoms with Crippen LogP contribution in [-0.2, 0) is 4.79 Å². The lowest BCUT2D eigenvalue weighted by molar-refractivity contribution is -0.384. The predicted octanol–water partition coefficient (Wildman–Crippen LogP) is 4.34. The molecule has 2 amide bonds. The molecule has 0 radical (unpaired) electrons. The normalized spacial score (nSPS) is 11.1. The van der Waals surface area contributed by atoms with Gasteiger partial charge in [0.2, 0.25) is 5.91 Å². The molecule has 0 spiro atoms. The van der Waals surface area contributed by atoms with E-state index in [0.717, 1.165) is 11.6 Å². The van der Waals surface area contributed by atoms with Crippen molar-refractivity contribution < 1.29 is 14.5 Å². The second kappa shape index (κ2) is 9.29. The average molecular weight is 423 g/mol. The van der Waals surface area contributed by atoms with E-state index in [4.69, 9.17) is 23.2 Å². The molecule has 2 aromatic rings. The summed E-state index contributed by atoms with van der Waals surface area (Å²) in [6.07, 6.45) is -0.0484. The summed E-state index contributed by atoms with van der Waals surface area (Å²) in [5.41, 5.74) is 3.78. The van der Waals surface area contributed by atoms with Crippen LogP contribution in [0.5, 0.6) is 0 Å². The number of nitro benzene ring substituents is 1. The molecule has 10 heteroatoms. The molecule has 0 fully saturated rings. The highest BCUT2D eigenvalue weighted by atomic mass is 35.5. The number of hydrogen-bond acceptors (Lipinski definition) is 5. The van der Waals surface area contributed by atoms with Gasteiger partial charge in [-0.3, -0.25) is 19.7 Å². The predicted molar refractivity (Wildman–Crippen MR) is 108 cm³/mol. The second-order valence-electron chi connectivity index (χ2n) is 5.85. The number of anilines is 1. The summed E-state index contributed by atoms with van der Waals surface area (Å²) >= 11 is 11.8. The van der Waals surface area contributed by atoms with Gasteiger partial charge in [-0.2, -0.15) is 5.10 Å². The zero-order valence-electron chi connectivity index (χ0n) is 15.0. The Morgan fingerprint density at radius 3 is 2.54 bits per heavy atom. The number of nitrogens with zero attached hydrogens (tertiary/aromatic N) is 2. The molecule has 2 rings (SSSR count). The van der Waals surface area contributed by atoms with Crippen LogP contribution >= 0.6 is 23.2 Å². The number of hydrazone groups is 1. The first kappa shape index (κ1) is 21.3. The van der Waals surface area contributed by atoms with Crippen LogP contribution in [0.4, 0.5) is 11.4 Å². The molecule has 0 heterocycles. The third-order valence-electron chi connectivity index (χ3n) is 3.71. The van der Waals surface area contributed by atoms with Crippen molar-refractivity contribution in [2.24, 2.45) is 5.10 Å². The molecular formula is C18H16Cl2N4O4. The van der Waals surface area contributed by atoms with Gasteiger partial charge in [0.05, 0.1) is 11.3 Å². The Balaban J connectivity index is 1.97. The molecular weight excluding hydrogens is 407 g/mol. The SMILES string of the molecule is CC(CC(=O)Nc1cccc(Cl)c1C)=NNC(=O)c1ccc([N+](=O)[O-])c(Cl)c1.